The van der Waals surface area contributed by atoms with Gasteiger partial charge in [0.1, 0.15) is 22.5 Å². The first-order valence-corrected chi connectivity index (χ1v) is 16.7. The van der Waals surface area contributed by atoms with Crippen LogP contribution in [0.5, 0.6) is 5.75 Å². The first kappa shape index (κ1) is 29.6. The van der Waals surface area contributed by atoms with E-state index in [1.54, 1.807) is 19.2 Å². The first-order chi connectivity index (χ1) is 23.7. The number of piperidine rings is 1. The fourth-order valence-electron chi connectivity index (χ4n) is 8.02. The van der Waals surface area contributed by atoms with E-state index >= 15 is 0 Å². The molecule has 2 saturated carbocycles. The number of ether oxygens (including phenoxy) is 1. The summed E-state index contributed by atoms with van der Waals surface area (Å²) in [7, 11) is 3.57. The number of carboxylic acids is 1. The molecular weight excluding hydrogens is 622 g/mol. The van der Waals surface area contributed by atoms with Crippen LogP contribution in [0.4, 0.5) is 0 Å². The molecule has 3 atom stereocenters. The Kier molecular flexibility index (Phi) is 6.51. The van der Waals surface area contributed by atoms with Gasteiger partial charge >= 0.3 is 5.97 Å². The molecule has 1 saturated heterocycles. The summed E-state index contributed by atoms with van der Waals surface area (Å²) >= 11 is 0. The fourth-order valence-corrected chi connectivity index (χ4v) is 8.02. The second-order valence-corrected chi connectivity index (χ2v) is 13.8. The second-order valence-electron chi connectivity index (χ2n) is 13.8. The number of H-pyrrole nitrogens is 1. The average molecular weight is 658 g/mol. The molecule has 4 N–H and O–H groups in total. The van der Waals surface area contributed by atoms with Gasteiger partial charge in [0.2, 0.25) is 5.43 Å². The number of nitrogens with one attached hydrogen (secondary N) is 1. The van der Waals surface area contributed by atoms with E-state index < -0.39 is 11.4 Å². The van der Waals surface area contributed by atoms with Gasteiger partial charge in [0.15, 0.2) is 5.82 Å². The molecular formula is C37H35N7O5. The molecule has 49 heavy (non-hydrogen) atoms. The number of aromatic nitrogens is 5. The number of methoxy groups -OCH3 is 1. The van der Waals surface area contributed by atoms with Gasteiger partial charge in [0.05, 0.1) is 24.0 Å². The summed E-state index contributed by atoms with van der Waals surface area (Å²) in [6, 6.07) is 15.2. The van der Waals surface area contributed by atoms with Crippen molar-refractivity contribution in [2.75, 3.05) is 13.7 Å². The van der Waals surface area contributed by atoms with E-state index in [1.807, 2.05) is 46.8 Å². The molecule has 0 spiro atoms. The number of carboxylic acid groups (broad SMARTS) is 1. The molecule has 3 aliphatic rings. The van der Waals surface area contributed by atoms with Crippen molar-refractivity contribution in [3.63, 3.8) is 0 Å². The van der Waals surface area contributed by atoms with Crippen molar-refractivity contribution >= 4 is 44.8 Å². The van der Waals surface area contributed by atoms with E-state index in [4.69, 9.17) is 20.4 Å². The molecule has 2 aliphatic carbocycles. The van der Waals surface area contributed by atoms with E-state index in [0.29, 0.717) is 57.4 Å². The number of imidazole rings is 1. The number of carbonyl (C=O) groups excluding carboxylic acids is 1. The molecule has 6 aromatic rings. The van der Waals surface area contributed by atoms with E-state index in [1.165, 1.54) is 6.20 Å². The van der Waals surface area contributed by atoms with Crippen LogP contribution in [0.15, 0.2) is 59.5 Å². The highest BCUT2D eigenvalue weighted by Gasteiger charge is 2.47. The number of nitrogens with zero attached hydrogens (tertiary/aromatic N) is 5. The van der Waals surface area contributed by atoms with Crippen LogP contribution < -0.4 is 15.9 Å². The number of hydrogen-bond donors (Lipinski definition) is 3. The maximum absolute atomic E-state index is 13.8. The molecule has 12 heteroatoms. The lowest BCUT2D eigenvalue weighted by Gasteiger charge is -2.27. The number of aromatic amines is 1. The predicted molar refractivity (Wildman–Crippen MR) is 185 cm³/mol. The van der Waals surface area contributed by atoms with Crippen molar-refractivity contribution in [1.29, 1.82) is 0 Å². The molecule has 4 aromatic heterocycles. The van der Waals surface area contributed by atoms with E-state index in [2.05, 4.69) is 15.6 Å². The van der Waals surface area contributed by atoms with Crippen LogP contribution in [0, 0.1) is 11.8 Å². The van der Waals surface area contributed by atoms with Gasteiger partial charge in [-0.1, -0.05) is 6.07 Å². The molecule has 1 aliphatic heterocycles. The maximum Gasteiger partial charge on any atom is 0.341 e. The summed E-state index contributed by atoms with van der Waals surface area (Å²) in [5.41, 5.74) is 11.2. The van der Waals surface area contributed by atoms with Crippen molar-refractivity contribution < 1.29 is 19.4 Å². The summed E-state index contributed by atoms with van der Waals surface area (Å²) in [6.45, 7) is 1.46. The van der Waals surface area contributed by atoms with Gasteiger partial charge in [0, 0.05) is 65.8 Å². The second kappa shape index (κ2) is 10.8. The van der Waals surface area contributed by atoms with Crippen LogP contribution in [0.3, 0.4) is 0 Å². The number of benzene rings is 2. The lowest BCUT2D eigenvalue weighted by Crippen LogP contribution is -2.41. The van der Waals surface area contributed by atoms with Gasteiger partial charge < -0.3 is 34.6 Å². The zero-order valence-corrected chi connectivity index (χ0v) is 27.1. The maximum atomic E-state index is 13.8. The van der Waals surface area contributed by atoms with Crippen molar-refractivity contribution in [1.82, 2.24) is 29.0 Å². The minimum absolute atomic E-state index is 0.0345. The number of likely N-dealkylation sites (tertiary alicyclic amines) is 1. The number of rotatable bonds is 7. The van der Waals surface area contributed by atoms with Gasteiger partial charge in [-0.15, -0.1) is 0 Å². The summed E-state index contributed by atoms with van der Waals surface area (Å²) in [5, 5.41) is 10.7. The monoisotopic (exact) mass is 657 g/mol. The first-order valence-electron chi connectivity index (χ1n) is 16.7. The molecule has 0 radical (unpaired) electrons. The van der Waals surface area contributed by atoms with Crippen LogP contribution in [0.1, 0.15) is 46.4 Å². The van der Waals surface area contributed by atoms with E-state index in [0.717, 1.165) is 60.3 Å². The number of aromatic carboxylic acids is 1. The molecule has 5 heterocycles. The summed E-state index contributed by atoms with van der Waals surface area (Å²) < 4.78 is 10.1. The van der Waals surface area contributed by atoms with Crippen molar-refractivity contribution in [3.05, 3.63) is 76.1 Å². The molecule has 2 unspecified atom stereocenters. The molecule has 248 valence electrons. The number of nitrogens with two attached hydrogens (primary N) is 1. The zero-order chi connectivity index (χ0) is 33.7. The Bertz CT molecular complexity index is 2440. The third-order valence-corrected chi connectivity index (χ3v) is 10.8. The Morgan fingerprint density at radius 2 is 1.90 bits per heavy atom. The SMILES string of the molecule is COc1cc(C(=O)N2CC3CCC2[C@@H]3N)cc2nc(-c3cc4ccc(-c5ccc6[nH]cc(C(=O)O)c(=O)c6c5)nc4n3CC3CC3)n(C)c12. The number of pyridine rings is 2. The highest BCUT2D eigenvalue weighted by molar-refractivity contribution is 6.01. The van der Waals surface area contributed by atoms with Crippen molar-refractivity contribution in [3.8, 4) is 28.5 Å². The van der Waals surface area contributed by atoms with Crippen LogP contribution in [-0.2, 0) is 13.6 Å². The molecule has 3 fully saturated rings. The number of fused-ring (bicyclic) bond motifs is 5. The fraction of sp³-hybridized carbons (Fsp3) is 0.324. The molecule has 1 amide bonds. The van der Waals surface area contributed by atoms with Crippen LogP contribution >= 0.6 is 0 Å². The molecule has 2 bridgehead atoms. The predicted octanol–water partition coefficient (Wildman–Crippen LogP) is 4.78. The Balaban J connectivity index is 1.15. The van der Waals surface area contributed by atoms with Gasteiger partial charge in [0.25, 0.3) is 5.91 Å². The van der Waals surface area contributed by atoms with Crippen molar-refractivity contribution in [2.45, 2.75) is 44.3 Å². The smallest absolute Gasteiger partial charge is 0.341 e. The van der Waals surface area contributed by atoms with E-state index in [9.17, 15) is 19.5 Å². The van der Waals surface area contributed by atoms with Gasteiger partial charge in [-0.25, -0.2) is 14.8 Å². The van der Waals surface area contributed by atoms with Crippen LogP contribution in [0.2, 0.25) is 0 Å². The van der Waals surface area contributed by atoms with Gasteiger partial charge in [-0.2, -0.15) is 0 Å². The number of aryl methyl sites for hydroxylation is 1. The number of carbonyl (C=O) groups is 2. The molecule has 2 aromatic carbocycles. The van der Waals surface area contributed by atoms with Crippen LogP contribution in [-0.4, -0.2) is 71.7 Å². The summed E-state index contributed by atoms with van der Waals surface area (Å²) in [6.07, 6.45) is 5.52. The normalized spacial score (nSPS) is 20.2. The van der Waals surface area contributed by atoms with Gasteiger partial charge in [-0.3, -0.25) is 9.59 Å². The Morgan fingerprint density at radius 1 is 1.06 bits per heavy atom. The lowest BCUT2D eigenvalue weighted by molar-refractivity contribution is 0.0688. The number of hydrogen-bond acceptors (Lipinski definition) is 7. The summed E-state index contributed by atoms with van der Waals surface area (Å²) in [5.74, 6) is 0.895. The quantitative estimate of drug-likeness (QED) is 0.221. The van der Waals surface area contributed by atoms with Gasteiger partial charge in [-0.05, 0) is 80.0 Å². The highest BCUT2D eigenvalue weighted by Crippen LogP contribution is 2.40. The third-order valence-electron chi connectivity index (χ3n) is 10.8. The topological polar surface area (TPSA) is 161 Å². The zero-order valence-electron chi connectivity index (χ0n) is 27.1. The minimum Gasteiger partial charge on any atom is -0.494 e. The van der Waals surface area contributed by atoms with Crippen LogP contribution in [0.25, 0.3) is 55.7 Å². The highest BCUT2D eigenvalue weighted by atomic mass is 16.5. The third kappa shape index (κ3) is 4.57. The largest absolute Gasteiger partial charge is 0.494 e. The minimum atomic E-state index is -1.27. The summed E-state index contributed by atoms with van der Waals surface area (Å²) in [4.78, 5) is 53.4. The lowest BCUT2D eigenvalue weighted by atomic mass is 10.1. The van der Waals surface area contributed by atoms with E-state index in [-0.39, 0.29) is 23.6 Å². The molecule has 9 rings (SSSR count). The molecule has 12 nitrogen and oxygen atoms in total. The Morgan fingerprint density at radius 3 is 2.61 bits per heavy atom. The standard InChI is InChI=1S/C37H35N7O5/c1-42-32-27(12-22(14-30(32)49-2)36(46)44-17-21-7-10-28(44)31(21)38)41-35(42)29-13-20-6-8-25(40-34(20)43(29)16-18-3-4-18)19-5-9-26-23(11-19)33(45)24(15-39-26)37(47)48/h5-6,8-9,11-15,18,21,28,31H,3-4,7,10,16-17,38H2,1-2H3,(H,39,45)(H,47,48)/t21?,28?,31-/m1/s1. The Labute approximate surface area is 280 Å². The van der Waals surface area contributed by atoms with Crippen molar-refractivity contribution in [2.24, 2.45) is 24.6 Å². The Hall–Kier alpha value is -5.49. The number of amides is 1. The average Bonchev–Trinajstić information content (AvgIpc) is 3.51.